The summed E-state index contributed by atoms with van der Waals surface area (Å²) in [6.45, 7) is 0. The van der Waals surface area contributed by atoms with E-state index in [2.05, 4.69) is 15.6 Å². The Morgan fingerprint density at radius 3 is 2.45 bits per heavy atom. The minimum Gasteiger partial charge on any atom is -0.317 e. The van der Waals surface area contributed by atoms with Crippen LogP contribution < -0.4 is 10.6 Å². The molecular weight excluding hydrogens is 328 g/mol. The summed E-state index contributed by atoms with van der Waals surface area (Å²) in [6, 6.07) is 8.40. The molecule has 0 aliphatic rings. The van der Waals surface area contributed by atoms with Gasteiger partial charge in [-0.2, -0.15) is 0 Å². The molecular formula is C13H9ClN4O3S. The number of non-ortho nitro benzene ring substituents is 1. The minimum atomic E-state index is -0.542. The predicted octanol–water partition coefficient (Wildman–Crippen LogP) is 2.77. The molecule has 0 aliphatic heterocycles. The Balaban J connectivity index is 1.97. The van der Waals surface area contributed by atoms with Gasteiger partial charge in [-0.05, 0) is 36.5 Å². The standard InChI is InChI=1S/C13H9ClN4O3S/c14-9-3-6-11(15-7-9)16-13(22)17-12(19)8-1-4-10(5-2-8)18(20)21/h1-7H,(H2,15,16,17,19,22). The molecule has 2 rings (SSSR count). The fourth-order valence-corrected chi connectivity index (χ4v) is 1.82. The number of carbonyl (C=O) groups is 1. The highest BCUT2D eigenvalue weighted by molar-refractivity contribution is 7.80. The minimum absolute atomic E-state index is 0.0539. The van der Waals surface area contributed by atoms with Crippen LogP contribution in [0.4, 0.5) is 11.5 Å². The van der Waals surface area contributed by atoms with E-state index in [4.69, 9.17) is 23.8 Å². The van der Waals surface area contributed by atoms with E-state index in [0.717, 1.165) is 0 Å². The molecule has 0 unspecified atom stereocenters. The van der Waals surface area contributed by atoms with Crippen LogP contribution >= 0.6 is 23.8 Å². The number of nitrogens with zero attached hydrogens (tertiary/aromatic N) is 2. The van der Waals surface area contributed by atoms with Gasteiger partial charge in [0.15, 0.2) is 5.11 Å². The van der Waals surface area contributed by atoms with Crippen LogP contribution in [0, 0.1) is 10.1 Å². The van der Waals surface area contributed by atoms with Crippen molar-refractivity contribution in [2.24, 2.45) is 0 Å². The van der Waals surface area contributed by atoms with Gasteiger partial charge in [0.25, 0.3) is 11.6 Å². The third-order valence-electron chi connectivity index (χ3n) is 2.54. The quantitative estimate of drug-likeness (QED) is 0.508. The molecule has 0 atom stereocenters. The third kappa shape index (κ3) is 4.21. The van der Waals surface area contributed by atoms with E-state index in [0.29, 0.717) is 10.8 Å². The summed E-state index contributed by atoms with van der Waals surface area (Å²) >= 11 is 10.7. The molecule has 1 amide bonds. The smallest absolute Gasteiger partial charge is 0.269 e. The Labute approximate surface area is 135 Å². The third-order valence-corrected chi connectivity index (χ3v) is 2.96. The number of nitro benzene ring substituents is 1. The maximum absolute atomic E-state index is 11.9. The van der Waals surface area contributed by atoms with Crippen LogP contribution in [-0.4, -0.2) is 20.9 Å². The molecule has 7 nitrogen and oxygen atoms in total. The average molecular weight is 337 g/mol. The lowest BCUT2D eigenvalue weighted by atomic mass is 10.2. The topological polar surface area (TPSA) is 97.2 Å². The molecule has 1 aromatic heterocycles. The van der Waals surface area contributed by atoms with Crippen molar-refractivity contribution in [2.75, 3.05) is 5.32 Å². The maximum Gasteiger partial charge on any atom is 0.269 e. The van der Waals surface area contributed by atoms with Gasteiger partial charge in [0.1, 0.15) is 5.82 Å². The molecule has 9 heteroatoms. The zero-order chi connectivity index (χ0) is 16.1. The normalized spacial score (nSPS) is 9.86. The number of pyridine rings is 1. The molecule has 0 radical (unpaired) electrons. The summed E-state index contributed by atoms with van der Waals surface area (Å²) in [4.78, 5) is 25.9. The molecule has 0 saturated heterocycles. The van der Waals surface area contributed by atoms with Crippen LogP contribution in [0.15, 0.2) is 42.6 Å². The van der Waals surface area contributed by atoms with Crippen molar-refractivity contribution in [3.8, 4) is 0 Å². The Bertz CT molecular complexity index is 719. The largest absolute Gasteiger partial charge is 0.317 e. The number of hydrogen-bond donors (Lipinski definition) is 2. The lowest BCUT2D eigenvalue weighted by Gasteiger charge is -2.08. The highest BCUT2D eigenvalue weighted by atomic mass is 35.5. The number of anilines is 1. The predicted molar refractivity (Wildman–Crippen MR) is 86.0 cm³/mol. The number of aromatic nitrogens is 1. The molecule has 0 spiro atoms. The maximum atomic E-state index is 11.9. The van der Waals surface area contributed by atoms with Gasteiger partial charge < -0.3 is 5.32 Å². The average Bonchev–Trinajstić information content (AvgIpc) is 2.49. The lowest BCUT2D eigenvalue weighted by molar-refractivity contribution is -0.384. The van der Waals surface area contributed by atoms with Crippen molar-refractivity contribution < 1.29 is 9.72 Å². The summed E-state index contributed by atoms with van der Waals surface area (Å²) in [5, 5.41) is 16.2. The number of rotatable bonds is 3. The fourth-order valence-electron chi connectivity index (χ4n) is 1.51. The number of benzene rings is 1. The van der Waals surface area contributed by atoms with E-state index in [9.17, 15) is 14.9 Å². The van der Waals surface area contributed by atoms with Crippen molar-refractivity contribution in [1.82, 2.24) is 10.3 Å². The first-order valence-corrected chi connectivity index (χ1v) is 6.72. The monoisotopic (exact) mass is 336 g/mol. The molecule has 2 N–H and O–H groups in total. The molecule has 1 aromatic carbocycles. The van der Waals surface area contributed by atoms with E-state index < -0.39 is 10.8 Å². The number of nitrogens with one attached hydrogen (secondary N) is 2. The Morgan fingerprint density at radius 1 is 1.23 bits per heavy atom. The second-order valence-electron chi connectivity index (χ2n) is 4.07. The summed E-state index contributed by atoms with van der Waals surface area (Å²) in [5.74, 6) is -0.0558. The van der Waals surface area contributed by atoms with E-state index in [1.807, 2.05) is 0 Å². The number of nitro groups is 1. The van der Waals surface area contributed by atoms with Crippen LogP contribution in [-0.2, 0) is 0 Å². The van der Waals surface area contributed by atoms with Crippen LogP contribution in [0.25, 0.3) is 0 Å². The first kappa shape index (κ1) is 15.8. The zero-order valence-corrected chi connectivity index (χ0v) is 12.5. The van der Waals surface area contributed by atoms with E-state index in [1.54, 1.807) is 12.1 Å². The fraction of sp³-hybridized carbons (Fsp3) is 0. The zero-order valence-electron chi connectivity index (χ0n) is 10.9. The van der Waals surface area contributed by atoms with Crippen molar-refractivity contribution in [2.45, 2.75) is 0 Å². The van der Waals surface area contributed by atoms with Crippen molar-refractivity contribution in [3.63, 3.8) is 0 Å². The summed E-state index contributed by atoms with van der Waals surface area (Å²) in [7, 11) is 0. The van der Waals surface area contributed by atoms with Gasteiger partial charge in [-0.25, -0.2) is 4.98 Å². The molecule has 0 bridgehead atoms. The number of thiocarbonyl (C=S) groups is 1. The lowest BCUT2D eigenvalue weighted by Crippen LogP contribution is -2.34. The second-order valence-corrected chi connectivity index (χ2v) is 4.92. The van der Waals surface area contributed by atoms with Crippen molar-refractivity contribution in [1.29, 1.82) is 0 Å². The number of hydrogen-bond acceptors (Lipinski definition) is 5. The van der Waals surface area contributed by atoms with Crippen LogP contribution in [0.2, 0.25) is 5.02 Å². The van der Waals surface area contributed by atoms with Crippen molar-refractivity contribution in [3.05, 3.63) is 63.3 Å². The Hall–Kier alpha value is -2.58. The van der Waals surface area contributed by atoms with Gasteiger partial charge in [0.05, 0.1) is 9.95 Å². The van der Waals surface area contributed by atoms with Gasteiger partial charge in [-0.1, -0.05) is 11.6 Å². The highest BCUT2D eigenvalue weighted by Crippen LogP contribution is 2.12. The van der Waals surface area contributed by atoms with Gasteiger partial charge in [0.2, 0.25) is 0 Å². The van der Waals surface area contributed by atoms with E-state index >= 15 is 0 Å². The van der Waals surface area contributed by atoms with Crippen LogP contribution in [0.3, 0.4) is 0 Å². The molecule has 0 fully saturated rings. The van der Waals surface area contributed by atoms with Gasteiger partial charge in [-0.15, -0.1) is 0 Å². The number of carbonyl (C=O) groups excluding carboxylic acids is 1. The summed E-state index contributed by atoms with van der Waals surface area (Å²) in [5.41, 5.74) is 0.154. The SMILES string of the molecule is O=C(NC(=S)Nc1ccc(Cl)cn1)c1ccc([N+](=O)[O-])cc1. The first-order chi connectivity index (χ1) is 10.5. The second kappa shape index (κ2) is 6.92. The Morgan fingerprint density at radius 2 is 1.91 bits per heavy atom. The van der Waals surface area contributed by atoms with E-state index in [1.165, 1.54) is 30.5 Å². The molecule has 0 aliphatic carbocycles. The van der Waals surface area contributed by atoms with Gasteiger partial charge in [0, 0.05) is 23.9 Å². The molecule has 22 heavy (non-hydrogen) atoms. The number of amides is 1. The van der Waals surface area contributed by atoms with E-state index in [-0.39, 0.29) is 16.4 Å². The molecule has 112 valence electrons. The molecule has 2 aromatic rings. The first-order valence-electron chi connectivity index (χ1n) is 5.94. The summed E-state index contributed by atoms with van der Waals surface area (Å²) in [6.07, 6.45) is 1.44. The van der Waals surface area contributed by atoms with Gasteiger partial charge >= 0.3 is 0 Å². The number of halogens is 1. The Kier molecular flexibility index (Phi) is 4.97. The molecule has 1 heterocycles. The summed E-state index contributed by atoms with van der Waals surface area (Å²) < 4.78 is 0. The van der Waals surface area contributed by atoms with Crippen LogP contribution in [0.1, 0.15) is 10.4 Å². The highest BCUT2D eigenvalue weighted by Gasteiger charge is 2.11. The van der Waals surface area contributed by atoms with Crippen LogP contribution in [0.5, 0.6) is 0 Å². The molecule has 0 saturated carbocycles. The van der Waals surface area contributed by atoms with Gasteiger partial charge in [-0.3, -0.25) is 20.2 Å². The van der Waals surface area contributed by atoms with Crippen molar-refractivity contribution >= 4 is 46.3 Å².